The van der Waals surface area contributed by atoms with Crippen molar-refractivity contribution in [1.29, 1.82) is 0 Å². The lowest BCUT2D eigenvalue weighted by atomic mass is 9.97. The van der Waals surface area contributed by atoms with Crippen molar-refractivity contribution in [3.8, 4) is 16.9 Å². The maximum atomic E-state index is 14.7. The molecule has 0 amide bonds. The lowest BCUT2D eigenvalue weighted by Crippen LogP contribution is -2.56. The van der Waals surface area contributed by atoms with Gasteiger partial charge in [0.25, 0.3) is 0 Å². The molecule has 0 saturated carbocycles. The maximum Gasteiger partial charge on any atom is 0.153 e. The van der Waals surface area contributed by atoms with E-state index < -0.39 is 9.84 Å². The molecule has 0 bridgehead atoms. The Bertz CT molecular complexity index is 1100. The molecule has 166 valence electrons. The molecule has 0 aliphatic carbocycles. The summed E-state index contributed by atoms with van der Waals surface area (Å²) in [7, 11) is -2.81. The van der Waals surface area contributed by atoms with Crippen LogP contribution in [0.1, 0.15) is 32.3 Å². The second-order valence-corrected chi connectivity index (χ2v) is 11.9. The Morgan fingerprint density at radius 2 is 1.81 bits per heavy atom. The SMILES string of the molecule is CC1(C)Cc2cc(OC3CCN(C4CS(=O)(=O)C4)CC3)c(-c3ccccc3F)cc2N1. The first-order valence-electron chi connectivity index (χ1n) is 11.0. The van der Waals surface area contributed by atoms with Gasteiger partial charge in [-0.2, -0.15) is 0 Å². The number of ether oxygens (including phenoxy) is 1. The molecule has 2 fully saturated rings. The molecular formula is C24H29FN2O3S. The molecule has 2 aromatic rings. The summed E-state index contributed by atoms with van der Waals surface area (Å²) < 4.78 is 44.1. The molecule has 1 N–H and O–H groups in total. The van der Waals surface area contributed by atoms with Gasteiger partial charge in [-0.05, 0) is 56.9 Å². The minimum atomic E-state index is -2.81. The van der Waals surface area contributed by atoms with E-state index >= 15 is 0 Å². The molecule has 5 nitrogen and oxygen atoms in total. The molecule has 31 heavy (non-hydrogen) atoms. The number of benzene rings is 2. The van der Waals surface area contributed by atoms with Gasteiger partial charge in [-0.1, -0.05) is 18.2 Å². The summed E-state index contributed by atoms with van der Waals surface area (Å²) in [6, 6.07) is 11.1. The number of nitrogens with zero attached hydrogens (tertiary/aromatic N) is 1. The predicted molar refractivity (Wildman–Crippen MR) is 121 cm³/mol. The number of hydrogen-bond donors (Lipinski definition) is 1. The van der Waals surface area contributed by atoms with Gasteiger partial charge < -0.3 is 10.1 Å². The van der Waals surface area contributed by atoms with Crippen LogP contribution >= 0.6 is 0 Å². The zero-order chi connectivity index (χ0) is 21.8. The van der Waals surface area contributed by atoms with Crippen LogP contribution in [0.2, 0.25) is 0 Å². The van der Waals surface area contributed by atoms with Crippen LogP contribution < -0.4 is 10.1 Å². The Morgan fingerprint density at radius 3 is 2.48 bits per heavy atom. The van der Waals surface area contributed by atoms with E-state index in [1.54, 1.807) is 12.1 Å². The smallest absolute Gasteiger partial charge is 0.153 e. The molecule has 0 aromatic heterocycles. The molecule has 7 heteroatoms. The molecule has 0 unspecified atom stereocenters. The van der Waals surface area contributed by atoms with Gasteiger partial charge >= 0.3 is 0 Å². The van der Waals surface area contributed by atoms with E-state index in [2.05, 4.69) is 30.1 Å². The molecule has 3 aliphatic heterocycles. The minimum absolute atomic E-state index is 0.0398. The molecule has 0 radical (unpaired) electrons. The van der Waals surface area contributed by atoms with Crippen molar-refractivity contribution >= 4 is 15.5 Å². The van der Waals surface area contributed by atoms with Crippen LogP contribution in [0.5, 0.6) is 5.75 Å². The molecule has 2 aromatic carbocycles. The Hall–Kier alpha value is -2.12. The van der Waals surface area contributed by atoms with Crippen molar-refractivity contribution in [3.05, 3.63) is 47.8 Å². The quantitative estimate of drug-likeness (QED) is 0.776. The second kappa shape index (κ2) is 7.48. The molecular weight excluding hydrogens is 415 g/mol. The average molecular weight is 445 g/mol. The average Bonchev–Trinajstić information content (AvgIpc) is 2.99. The largest absolute Gasteiger partial charge is 0.490 e. The summed E-state index contributed by atoms with van der Waals surface area (Å²) >= 11 is 0. The summed E-state index contributed by atoms with van der Waals surface area (Å²) in [5.74, 6) is 1.03. The van der Waals surface area contributed by atoms with Crippen molar-refractivity contribution in [1.82, 2.24) is 4.90 Å². The van der Waals surface area contributed by atoms with Gasteiger partial charge in [0.15, 0.2) is 9.84 Å². The number of nitrogens with one attached hydrogen (secondary N) is 1. The van der Waals surface area contributed by atoms with Gasteiger partial charge in [-0.3, -0.25) is 4.90 Å². The fourth-order valence-electron chi connectivity index (χ4n) is 5.04. The van der Waals surface area contributed by atoms with Crippen LogP contribution in [0.4, 0.5) is 10.1 Å². The Kier molecular flexibility index (Phi) is 5.01. The minimum Gasteiger partial charge on any atom is -0.490 e. The number of hydrogen-bond acceptors (Lipinski definition) is 5. The van der Waals surface area contributed by atoms with E-state index in [9.17, 15) is 12.8 Å². The summed E-state index contributed by atoms with van der Waals surface area (Å²) in [4.78, 5) is 2.27. The number of piperidine rings is 1. The number of rotatable bonds is 4. The van der Waals surface area contributed by atoms with Crippen LogP contribution in [0.3, 0.4) is 0 Å². The Balaban J connectivity index is 1.37. The van der Waals surface area contributed by atoms with E-state index in [0.29, 0.717) is 5.56 Å². The van der Waals surface area contributed by atoms with Crippen LogP contribution in [-0.4, -0.2) is 55.6 Å². The first-order chi connectivity index (χ1) is 14.7. The first-order valence-corrected chi connectivity index (χ1v) is 12.8. The standard InChI is InChI=1S/C24H29FN2O3S/c1-24(2)13-16-11-23(20(12-22(16)26-24)19-5-3-4-6-21(19)25)30-18-7-9-27(10-8-18)17-14-31(28,29)15-17/h3-6,11-12,17-18,26H,7-10,13-15H2,1-2H3. The molecule has 5 rings (SSSR count). The highest BCUT2D eigenvalue weighted by Gasteiger charge is 2.39. The third kappa shape index (κ3) is 4.17. The third-order valence-electron chi connectivity index (χ3n) is 6.65. The highest BCUT2D eigenvalue weighted by atomic mass is 32.2. The van der Waals surface area contributed by atoms with E-state index in [4.69, 9.17) is 4.74 Å². The van der Waals surface area contributed by atoms with Gasteiger partial charge in [0.05, 0.1) is 11.5 Å². The normalized spacial score (nSPS) is 23.1. The van der Waals surface area contributed by atoms with Crippen LogP contribution in [0.25, 0.3) is 11.1 Å². The second-order valence-electron chi connectivity index (χ2n) is 9.75. The molecule has 3 heterocycles. The Labute approximate surface area is 183 Å². The number of fused-ring (bicyclic) bond motifs is 1. The predicted octanol–water partition coefficient (Wildman–Crippen LogP) is 3.88. The lowest BCUT2D eigenvalue weighted by molar-refractivity contribution is 0.0826. The highest BCUT2D eigenvalue weighted by Crippen LogP contribution is 2.42. The number of sulfone groups is 1. The van der Waals surface area contributed by atoms with Gasteiger partial charge in [0.1, 0.15) is 17.7 Å². The molecule has 0 spiro atoms. The summed E-state index contributed by atoms with van der Waals surface area (Å²) in [5.41, 5.74) is 3.51. The third-order valence-corrected chi connectivity index (χ3v) is 8.44. The van der Waals surface area contributed by atoms with E-state index in [1.807, 2.05) is 12.1 Å². The van der Waals surface area contributed by atoms with Crippen molar-refractivity contribution in [2.45, 2.75) is 50.8 Å². The van der Waals surface area contributed by atoms with E-state index in [1.165, 1.54) is 11.6 Å². The van der Waals surface area contributed by atoms with Crippen molar-refractivity contribution in [3.63, 3.8) is 0 Å². The van der Waals surface area contributed by atoms with Crippen molar-refractivity contribution in [2.24, 2.45) is 0 Å². The monoisotopic (exact) mass is 444 g/mol. The first kappa shape index (κ1) is 20.8. The Morgan fingerprint density at radius 1 is 1.10 bits per heavy atom. The van der Waals surface area contributed by atoms with Gasteiger partial charge in [-0.15, -0.1) is 0 Å². The number of anilines is 1. The zero-order valence-corrected chi connectivity index (χ0v) is 18.8. The number of likely N-dealkylation sites (tertiary alicyclic amines) is 1. The molecule has 0 atom stereocenters. The molecule has 2 saturated heterocycles. The lowest BCUT2D eigenvalue weighted by Gasteiger charge is -2.41. The summed E-state index contributed by atoms with van der Waals surface area (Å²) in [5, 5.41) is 3.54. The molecule has 3 aliphatic rings. The number of halogens is 1. The maximum absolute atomic E-state index is 14.7. The highest BCUT2D eigenvalue weighted by molar-refractivity contribution is 7.92. The fraction of sp³-hybridized carbons (Fsp3) is 0.500. The summed E-state index contributed by atoms with van der Waals surface area (Å²) in [6.07, 6.45) is 2.62. The van der Waals surface area contributed by atoms with Gasteiger partial charge in [0, 0.05) is 41.5 Å². The van der Waals surface area contributed by atoms with Crippen molar-refractivity contribution < 1.29 is 17.5 Å². The van der Waals surface area contributed by atoms with Crippen LogP contribution in [0.15, 0.2) is 36.4 Å². The van der Waals surface area contributed by atoms with Gasteiger partial charge in [0.2, 0.25) is 0 Å². The zero-order valence-electron chi connectivity index (χ0n) is 18.0. The topological polar surface area (TPSA) is 58.6 Å². The van der Waals surface area contributed by atoms with Crippen LogP contribution in [-0.2, 0) is 16.3 Å². The van der Waals surface area contributed by atoms with Crippen LogP contribution in [0, 0.1) is 5.82 Å². The van der Waals surface area contributed by atoms with E-state index in [-0.39, 0.29) is 35.0 Å². The fourth-order valence-corrected chi connectivity index (χ4v) is 6.54. The van der Waals surface area contributed by atoms with Crippen molar-refractivity contribution in [2.75, 3.05) is 29.9 Å². The summed E-state index contributed by atoms with van der Waals surface area (Å²) in [6.45, 7) is 5.98. The van der Waals surface area contributed by atoms with E-state index in [0.717, 1.165) is 49.4 Å². The van der Waals surface area contributed by atoms with Gasteiger partial charge in [-0.25, -0.2) is 12.8 Å².